The number of benzene rings is 1. The van der Waals surface area contributed by atoms with Gasteiger partial charge in [0.25, 0.3) is 5.91 Å². The lowest BCUT2D eigenvalue weighted by Crippen LogP contribution is -2.46. The zero-order valence-corrected chi connectivity index (χ0v) is 14.1. The van der Waals surface area contributed by atoms with E-state index in [0.717, 1.165) is 18.4 Å². The molecule has 2 atom stereocenters. The van der Waals surface area contributed by atoms with Crippen molar-refractivity contribution in [2.45, 2.75) is 44.6 Å². The number of piperidine rings is 1. The molecule has 1 aromatic carbocycles. The molecule has 2 aliphatic heterocycles. The van der Waals surface area contributed by atoms with Gasteiger partial charge in [0.05, 0.1) is 0 Å². The van der Waals surface area contributed by atoms with E-state index in [0.29, 0.717) is 37.6 Å². The van der Waals surface area contributed by atoms with Crippen LogP contribution in [0.5, 0.6) is 5.75 Å². The Morgan fingerprint density at radius 2 is 2.32 bits per heavy atom. The van der Waals surface area contributed by atoms with E-state index in [1.54, 1.807) is 17.0 Å². The summed E-state index contributed by atoms with van der Waals surface area (Å²) in [6.45, 7) is 3.18. The van der Waals surface area contributed by atoms with Crippen molar-refractivity contribution in [1.29, 1.82) is 0 Å². The summed E-state index contributed by atoms with van der Waals surface area (Å²) in [6.07, 6.45) is 2.26. The number of hydrogen-bond donors (Lipinski definition) is 0. The third-order valence-corrected chi connectivity index (χ3v) is 4.87. The van der Waals surface area contributed by atoms with E-state index in [1.807, 2.05) is 6.92 Å². The Morgan fingerprint density at radius 1 is 1.44 bits per heavy atom. The van der Waals surface area contributed by atoms with Crippen LogP contribution >= 0.6 is 0 Å². The molecule has 2 aliphatic rings. The second kappa shape index (κ2) is 6.46. The molecule has 25 heavy (non-hydrogen) atoms. The second-order valence-electron chi connectivity index (χ2n) is 6.56. The number of aryl methyl sites for hydroxylation is 1. The molecule has 2 aromatic rings. The Bertz CT molecular complexity index is 792. The normalized spacial score (nSPS) is 22.6. The number of hydrogen-bond acceptors (Lipinski definition) is 5. The maximum Gasteiger partial charge on any atom is 0.264 e. The highest BCUT2D eigenvalue weighted by atomic mass is 19.1. The topological polar surface area (TPSA) is 68.5 Å². The van der Waals surface area contributed by atoms with Crippen molar-refractivity contribution in [3.63, 3.8) is 0 Å². The van der Waals surface area contributed by atoms with Gasteiger partial charge in [0.2, 0.25) is 5.89 Å². The average Bonchev–Trinajstić information content (AvgIpc) is 3.29. The molecule has 1 amide bonds. The van der Waals surface area contributed by atoms with Crippen LogP contribution in [0.3, 0.4) is 0 Å². The zero-order chi connectivity index (χ0) is 17.4. The van der Waals surface area contributed by atoms with Gasteiger partial charge in [0, 0.05) is 37.4 Å². The molecule has 0 saturated carbocycles. The first-order valence-electron chi connectivity index (χ1n) is 8.71. The van der Waals surface area contributed by atoms with Gasteiger partial charge in [-0.2, -0.15) is 4.98 Å². The first-order chi connectivity index (χ1) is 12.2. The fraction of sp³-hybridized carbons (Fsp3) is 0.500. The fourth-order valence-corrected chi connectivity index (χ4v) is 3.54. The van der Waals surface area contributed by atoms with Gasteiger partial charge in [-0.25, -0.2) is 4.39 Å². The third-order valence-electron chi connectivity index (χ3n) is 4.87. The van der Waals surface area contributed by atoms with Gasteiger partial charge in [-0.1, -0.05) is 24.2 Å². The highest BCUT2D eigenvalue weighted by Gasteiger charge is 2.36. The van der Waals surface area contributed by atoms with Gasteiger partial charge >= 0.3 is 0 Å². The van der Waals surface area contributed by atoms with Crippen LogP contribution in [0.15, 0.2) is 22.7 Å². The Kier molecular flexibility index (Phi) is 4.15. The second-order valence-corrected chi connectivity index (χ2v) is 6.56. The summed E-state index contributed by atoms with van der Waals surface area (Å²) in [5.41, 5.74) is 0.748. The zero-order valence-electron chi connectivity index (χ0n) is 14.1. The Balaban J connectivity index is 1.45. The molecule has 3 heterocycles. The number of ether oxygens (including phenoxy) is 1. The number of fused-ring (bicyclic) bond motifs is 1. The maximum atomic E-state index is 13.8. The van der Waals surface area contributed by atoms with E-state index >= 15 is 0 Å². The molecule has 0 spiro atoms. The Hall–Kier alpha value is -2.44. The number of halogens is 1. The molecule has 4 rings (SSSR count). The summed E-state index contributed by atoms with van der Waals surface area (Å²) in [7, 11) is 0. The van der Waals surface area contributed by atoms with Crippen molar-refractivity contribution in [2.24, 2.45) is 0 Å². The van der Waals surface area contributed by atoms with E-state index in [1.165, 1.54) is 6.07 Å². The standard InChI is InChI=1S/C18H20FN3O3/c1-2-15-20-17(21-25-15)12-6-4-8-22(10-12)18(23)14-9-11-5-3-7-13(19)16(11)24-14/h3,5,7,12,14H,2,4,6,8-10H2,1H3/t12-,14+/m0/s1. The van der Waals surface area contributed by atoms with Gasteiger partial charge in [0.15, 0.2) is 23.5 Å². The molecule has 0 radical (unpaired) electrons. The fourth-order valence-electron chi connectivity index (χ4n) is 3.54. The number of carbonyl (C=O) groups excluding carboxylic acids is 1. The van der Waals surface area contributed by atoms with Gasteiger partial charge in [0.1, 0.15) is 0 Å². The van der Waals surface area contributed by atoms with Crippen LogP contribution in [0, 0.1) is 5.82 Å². The first-order valence-corrected chi connectivity index (χ1v) is 8.71. The summed E-state index contributed by atoms with van der Waals surface area (Å²) in [6, 6.07) is 4.79. The van der Waals surface area contributed by atoms with Crippen molar-refractivity contribution in [3.05, 3.63) is 41.3 Å². The quantitative estimate of drug-likeness (QED) is 0.855. The average molecular weight is 345 g/mol. The van der Waals surface area contributed by atoms with Crippen LogP contribution in [0.2, 0.25) is 0 Å². The molecule has 132 valence electrons. The molecule has 1 saturated heterocycles. The number of para-hydroxylation sites is 1. The number of carbonyl (C=O) groups is 1. The summed E-state index contributed by atoms with van der Waals surface area (Å²) in [4.78, 5) is 19.0. The lowest BCUT2D eigenvalue weighted by molar-refractivity contribution is -0.139. The molecule has 0 bridgehead atoms. The van der Waals surface area contributed by atoms with Crippen molar-refractivity contribution in [3.8, 4) is 5.75 Å². The smallest absolute Gasteiger partial charge is 0.264 e. The molecule has 7 heteroatoms. The molecule has 6 nitrogen and oxygen atoms in total. The number of nitrogens with zero attached hydrogens (tertiary/aromatic N) is 3. The van der Waals surface area contributed by atoms with Gasteiger partial charge in [-0.05, 0) is 18.9 Å². The predicted octanol–water partition coefficient (Wildman–Crippen LogP) is 2.48. The number of likely N-dealkylation sites (tertiary alicyclic amines) is 1. The number of rotatable bonds is 3. The maximum absolute atomic E-state index is 13.8. The van der Waals surface area contributed by atoms with E-state index in [2.05, 4.69) is 10.1 Å². The lowest BCUT2D eigenvalue weighted by Gasteiger charge is -2.32. The highest BCUT2D eigenvalue weighted by Crippen LogP contribution is 2.33. The summed E-state index contributed by atoms with van der Waals surface area (Å²) in [5, 5.41) is 4.04. The van der Waals surface area contributed by atoms with E-state index in [9.17, 15) is 9.18 Å². The van der Waals surface area contributed by atoms with E-state index in [4.69, 9.17) is 9.26 Å². The third kappa shape index (κ3) is 2.99. The highest BCUT2D eigenvalue weighted by molar-refractivity contribution is 5.82. The van der Waals surface area contributed by atoms with Crippen molar-refractivity contribution in [1.82, 2.24) is 15.0 Å². The van der Waals surface area contributed by atoms with Crippen LogP contribution in [-0.4, -0.2) is 40.1 Å². The molecule has 0 aliphatic carbocycles. The summed E-state index contributed by atoms with van der Waals surface area (Å²) in [5.74, 6) is 1.05. The summed E-state index contributed by atoms with van der Waals surface area (Å²) < 4.78 is 24.6. The van der Waals surface area contributed by atoms with Crippen molar-refractivity contribution in [2.75, 3.05) is 13.1 Å². The molecular formula is C18H20FN3O3. The molecular weight excluding hydrogens is 325 g/mol. The Labute approximate surface area is 145 Å². The summed E-state index contributed by atoms with van der Waals surface area (Å²) >= 11 is 0. The number of amides is 1. The van der Waals surface area contributed by atoms with E-state index < -0.39 is 11.9 Å². The van der Waals surface area contributed by atoms with Crippen LogP contribution in [0.25, 0.3) is 0 Å². The minimum atomic E-state index is -0.651. The van der Waals surface area contributed by atoms with Crippen LogP contribution < -0.4 is 4.74 Å². The lowest BCUT2D eigenvalue weighted by atomic mass is 9.96. The van der Waals surface area contributed by atoms with Gasteiger partial charge in [-0.15, -0.1) is 0 Å². The minimum Gasteiger partial charge on any atom is -0.477 e. The number of aromatic nitrogens is 2. The monoisotopic (exact) mass is 345 g/mol. The van der Waals surface area contributed by atoms with E-state index in [-0.39, 0.29) is 17.6 Å². The van der Waals surface area contributed by atoms with Crippen LogP contribution in [-0.2, 0) is 17.6 Å². The van der Waals surface area contributed by atoms with Crippen molar-refractivity contribution >= 4 is 5.91 Å². The molecule has 0 unspecified atom stereocenters. The molecule has 1 fully saturated rings. The van der Waals surface area contributed by atoms with Crippen molar-refractivity contribution < 1.29 is 18.4 Å². The molecule has 0 N–H and O–H groups in total. The largest absolute Gasteiger partial charge is 0.477 e. The first kappa shape index (κ1) is 16.1. The van der Waals surface area contributed by atoms with Crippen LogP contribution in [0.1, 0.15) is 43.0 Å². The SMILES string of the molecule is CCc1nc([C@H]2CCCN(C(=O)[C@H]3Cc4cccc(F)c4O3)C2)no1. The Morgan fingerprint density at radius 3 is 3.08 bits per heavy atom. The predicted molar refractivity (Wildman–Crippen MR) is 86.8 cm³/mol. The molecule has 1 aromatic heterocycles. The van der Waals surface area contributed by atoms with Crippen LogP contribution in [0.4, 0.5) is 4.39 Å². The van der Waals surface area contributed by atoms with Gasteiger partial charge < -0.3 is 14.2 Å². The van der Waals surface area contributed by atoms with Gasteiger partial charge in [-0.3, -0.25) is 4.79 Å². The minimum absolute atomic E-state index is 0.0715.